The second-order valence-corrected chi connectivity index (χ2v) is 5.40. The number of aryl methyl sites for hydroxylation is 1. The Balaban J connectivity index is 1.69. The van der Waals surface area contributed by atoms with Crippen molar-refractivity contribution in [3.8, 4) is 11.5 Å². The summed E-state index contributed by atoms with van der Waals surface area (Å²) < 4.78 is 18.4. The molecule has 21 heavy (non-hydrogen) atoms. The molecule has 6 heteroatoms. The van der Waals surface area contributed by atoms with Gasteiger partial charge in [0.15, 0.2) is 0 Å². The van der Waals surface area contributed by atoms with Gasteiger partial charge in [0.2, 0.25) is 5.89 Å². The van der Waals surface area contributed by atoms with E-state index in [2.05, 4.69) is 15.2 Å². The number of aromatic nitrogens is 3. The number of thioether (sulfide) groups is 1. The summed E-state index contributed by atoms with van der Waals surface area (Å²) in [6, 6.07) is 10.1. The molecule has 2 heterocycles. The molecule has 0 N–H and O–H groups in total. The third kappa shape index (κ3) is 3.46. The smallest absolute Gasteiger partial charge is 0.277 e. The first-order chi connectivity index (χ1) is 10.2. The van der Waals surface area contributed by atoms with E-state index in [1.165, 1.54) is 23.9 Å². The Morgan fingerprint density at radius 2 is 1.95 bits per heavy atom. The minimum Gasteiger partial charge on any atom is -0.411 e. The van der Waals surface area contributed by atoms with E-state index in [1.54, 1.807) is 18.3 Å². The van der Waals surface area contributed by atoms with Gasteiger partial charge in [0.25, 0.3) is 5.22 Å². The van der Waals surface area contributed by atoms with Crippen LogP contribution in [-0.4, -0.2) is 15.2 Å². The van der Waals surface area contributed by atoms with Crippen LogP contribution in [0.4, 0.5) is 4.39 Å². The Morgan fingerprint density at radius 1 is 1.14 bits per heavy atom. The Hall–Kier alpha value is -2.21. The molecule has 3 rings (SSSR count). The summed E-state index contributed by atoms with van der Waals surface area (Å²) in [7, 11) is 0. The van der Waals surface area contributed by atoms with E-state index in [-0.39, 0.29) is 5.82 Å². The predicted octanol–water partition coefficient (Wildman–Crippen LogP) is 3.87. The molecular weight excluding hydrogens is 289 g/mol. The second kappa shape index (κ2) is 6.05. The van der Waals surface area contributed by atoms with Crippen LogP contribution in [0.5, 0.6) is 0 Å². The van der Waals surface area contributed by atoms with Crippen LogP contribution in [0.25, 0.3) is 11.5 Å². The maximum atomic E-state index is 12.8. The molecule has 2 aromatic heterocycles. The first-order valence-electron chi connectivity index (χ1n) is 6.34. The van der Waals surface area contributed by atoms with E-state index in [9.17, 15) is 4.39 Å². The number of halogens is 1. The van der Waals surface area contributed by atoms with Gasteiger partial charge in [0, 0.05) is 23.2 Å². The lowest BCUT2D eigenvalue weighted by molar-refractivity contribution is 0.465. The standard InChI is InChI=1S/C15H12FN3OS/c1-10-8-12(6-7-17-10)14-18-19-15(20-14)21-9-11-2-4-13(16)5-3-11/h2-8H,9H2,1H3. The average molecular weight is 301 g/mol. The summed E-state index contributed by atoms with van der Waals surface area (Å²) in [6.45, 7) is 1.91. The van der Waals surface area contributed by atoms with Gasteiger partial charge in [-0.05, 0) is 36.8 Å². The van der Waals surface area contributed by atoms with E-state index in [0.29, 0.717) is 16.9 Å². The highest BCUT2D eigenvalue weighted by atomic mass is 32.2. The molecule has 0 spiro atoms. The highest BCUT2D eigenvalue weighted by molar-refractivity contribution is 7.98. The van der Waals surface area contributed by atoms with Crippen LogP contribution in [0, 0.1) is 12.7 Å². The van der Waals surface area contributed by atoms with Crippen LogP contribution in [-0.2, 0) is 5.75 Å². The summed E-state index contributed by atoms with van der Waals surface area (Å²) in [5.74, 6) is 0.885. The number of pyridine rings is 1. The van der Waals surface area contributed by atoms with E-state index < -0.39 is 0 Å². The molecule has 0 aliphatic carbocycles. The van der Waals surface area contributed by atoms with Crippen molar-refractivity contribution >= 4 is 11.8 Å². The second-order valence-electron chi connectivity index (χ2n) is 4.47. The van der Waals surface area contributed by atoms with Gasteiger partial charge in [-0.1, -0.05) is 23.9 Å². The number of hydrogen-bond acceptors (Lipinski definition) is 5. The number of hydrogen-bond donors (Lipinski definition) is 0. The normalized spacial score (nSPS) is 10.8. The number of nitrogens with zero attached hydrogens (tertiary/aromatic N) is 3. The largest absolute Gasteiger partial charge is 0.411 e. The fourth-order valence-electron chi connectivity index (χ4n) is 1.79. The minimum absolute atomic E-state index is 0.239. The Bertz CT molecular complexity index is 743. The van der Waals surface area contributed by atoms with Crippen molar-refractivity contribution < 1.29 is 8.81 Å². The lowest BCUT2D eigenvalue weighted by atomic mass is 10.2. The Kier molecular flexibility index (Phi) is 3.96. The van der Waals surface area contributed by atoms with Crippen LogP contribution < -0.4 is 0 Å². The predicted molar refractivity (Wildman–Crippen MR) is 78.2 cm³/mol. The highest BCUT2D eigenvalue weighted by Crippen LogP contribution is 2.25. The molecule has 3 aromatic rings. The maximum Gasteiger partial charge on any atom is 0.277 e. The quantitative estimate of drug-likeness (QED) is 0.685. The van der Waals surface area contributed by atoms with Gasteiger partial charge < -0.3 is 4.42 Å². The molecule has 0 atom stereocenters. The van der Waals surface area contributed by atoms with Crippen LogP contribution in [0.15, 0.2) is 52.2 Å². The third-order valence-electron chi connectivity index (χ3n) is 2.83. The first kappa shape index (κ1) is 13.8. The van der Waals surface area contributed by atoms with Crippen molar-refractivity contribution in [2.24, 2.45) is 0 Å². The molecule has 0 aliphatic heterocycles. The molecular formula is C15H12FN3OS. The van der Waals surface area contributed by atoms with Crippen molar-refractivity contribution in [1.29, 1.82) is 0 Å². The van der Waals surface area contributed by atoms with Gasteiger partial charge in [0.05, 0.1) is 0 Å². The van der Waals surface area contributed by atoms with Gasteiger partial charge >= 0.3 is 0 Å². The lowest BCUT2D eigenvalue weighted by Gasteiger charge is -1.98. The van der Waals surface area contributed by atoms with Crippen LogP contribution in [0.2, 0.25) is 0 Å². The molecule has 4 nitrogen and oxygen atoms in total. The molecule has 0 bridgehead atoms. The topological polar surface area (TPSA) is 51.8 Å². The number of rotatable bonds is 4. The molecule has 0 unspecified atom stereocenters. The van der Waals surface area contributed by atoms with Gasteiger partial charge in [-0.3, -0.25) is 4.98 Å². The molecule has 0 radical (unpaired) electrons. The van der Waals surface area contributed by atoms with E-state index in [4.69, 9.17) is 4.42 Å². The Morgan fingerprint density at radius 3 is 2.71 bits per heavy atom. The fraction of sp³-hybridized carbons (Fsp3) is 0.133. The van der Waals surface area contributed by atoms with Gasteiger partial charge in [0.1, 0.15) is 5.82 Å². The average Bonchev–Trinajstić information content (AvgIpc) is 2.96. The molecule has 0 saturated heterocycles. The van der Waals surface area contributed by atoms with E-state index in [0.717, 1.165) is 16.8 Å². The van der Waals surface area contributed by atoms with E-state index >= 15 is 0 Å². The zero-order chi connectivity index (χ0) is 14.7. The van der Waals surface area contributed by atoms with Crippen molar-refractivity contribution in [2.45, 2.75) is 17.9 Å². The van der Waals surface area contributed by atoms with Gasteiger partial charge in [-0.25, -0.2) is 4.39 Å². The molecule has 1 aromatic carbocycles. The van der Waals surface area contributed by atoms with Gasteiger partial charge in [-0.2, -0.15) is 0 Å². The first-order valence-corrected chi connectivity index (χ1v) is 7.33. The summed E-state index contributed by atoms with van der Waals surface area (Å²) in [5, 5.41) is 8.52. The van der Waals surface area contributed by atoms with Gasteiger partial charge in [-0.15, -0.1) is 10.2 Å². The fourth-order valence-corrected chi connectivity index (χ4v) is 2.51. The maximum absolute atomic E-state index is 12.8. The van der Waals surface area contributed by atoms with Crippen LogP contribution in [0.1, 0.15) is 11.3 Å². The minimum atomic E-state index is -0.239. The SMILES string of the molecule is Cc1cc(-c2nnc(SCc3ccc(F)cc3)o2)ccn1. The summed E-state index contributed by atoms with van der Waals surface area (Å²) in [6.07, 6.45) is 1.71. The van der Waals surface area contributed by atoms with Crippen LogP contribution >= 0.6 is 11.8 Å². The van der Waals surface area contributed by atoms with Crippen molar-refractivity contribution in [1.82, 2.24) is 15.2 Å². The zero-order valence-corrected chi connectivity index (χ0v) is 12.1. The molecule has 0 saturated carbocycles. The van der Waals surface area contributed by atoms with Crippen molar-refractivity contribution in [2.75, 3.05) is 0 Å². The summed E-state index contributed by atoms with van der Waals surface area (Å²) >= 11 is 1.42. The summed E-state index contributed by atoms with van der Waals surface area (Å²) in [4.78, 5) is 4.13. The van der Waals surface area contributed by atoms with Crippen LogP contribution in [0.3, 0.4) is 0 Å². The zero-order valence-electron chi connectivity index (χ0n) is 11.3. The highest BCUT2D eigenvalue weighted by Gasteiger charge is 2.09. The summed E-state index contributed by atoms with van der Waals surface area (Å²) in [5.41, 5.74) is 2.75. The molecule has 0 aliphatic rings. The Labute approximate surface area is 125 Å². The lowest BCUT2D eigenvalue weighted by Crippen LogP contribution is -1.82. The molecule has 106 valence electrons. The molecule has 0 fully saturated rings. The third-order valence-corrected chi connectivity index (χ3v) is 3.72. The van der Waals surface area contributed by atoms with Crippen molar-refractivity contribution in [3.05, 3.63) is 59.7 Å². The monoisotopic (exact) mass is 301 g/mol. The number of benzene rings is 1. The van der Waals surface area contributed by atoms with Crippen molar-refractivity contribution in [3.63, 3.8) is 0 Å². The molecule has 0 amide bonds. The van der Waals surface area contributed by atoms with E-state index in [1.807, 2.05) is 19.1 Å².